The molecular formula is C27H27N3O3. The number of aliphatic hydroxyl groups excluding tert-OH is 1. The number of benzene rings is 2. The molecule has 1 aliphatic carbocycles. The first-order valence-corrected chi connectivity index (χ1v) is 11.1. The Hall–Kier alpha value is -3.93. The Balaban J connectivity index is 1.66. The molecular weight excluding hydrogens is 414 g/mol. The highest BCUT2D eigenvalue weighted by Gasteiger charge is 2.26. The number of aliphatic hydroxyl groups is 1. The molecule has 2 N–H and O–H groups in total. The second kappa shape index (κ2) is 10.1. The summed E-state index contributed by atoms with van der Waals surface area (Å²) in [6.07, 6.45) is 6.48. The molecule has 4 rings (SSSR count). The van der Waals surface area contributed by atoms with E-state index in [-0.39, 0.29) is 17.9 Å². The van der Waals surface area contributed by atoms with Crippen LogP contribution in [0.15, 0.2) is 85.3 Å². The van der Waals surface area contributed by atoms with Gasteiger partial charge in [-0.25, -0.2) is 4.98 Å². The van der Waals surface area contributed by atoms with E-state index < -0.39 is 11.5 Å². The van der Waals surface area contributed by atoms with Gasteiger partial charge in [-0.15, -0.1) is 0 Å². The number of hydrogen-bond donors (Lipinski definition) is 2. The first kappa shape index (κ1) is 22.3. The van der Waals surface area contributed by atoms with Gasteiger partial charge in [0.15, 0.2) is 5.76 Å². The average Bonchev–Trinajstić information content (AvgIpc) is 3.58. The molecule has 0 unspecified atom stereocenters. The maximum absolute atomic E-state index is 12.9. The molecule has 6 heteroatoms. The van der Waals surface area contributed by atoms with E-state index in [4.69, 9.17) is 0 Å². The minimum atomic E-state index is -0.597. The van der Waals surface area contributed by atoms with Crippen molar-refractivity contribution < 1.29 is 14.7 Å². The van der Waals surface area contributed by atoms with Crippen molar-refractivity contribution >= 4 is 17.8 Å². The summed E-state index contributed by atoms with van der Waals surface area (Å²) in [5.74, 6) is -0.804. The molecule has 0 spiro atoms. The number of carbonyl (C=O) groups is 2. The summed E-state index contributed by atoms with van der Waals surface area (Å²) >= 11 is 0. The molecule has 168 valence electrons. The zero-order chi connectivity index (χ0) is 23.2. The Morgan fingerprint density at radius 1 is 1.09 bits per heavy atom. The number of nitrogens with one attached hydrogen (secondary N) is 1. The second-order valence-electron chi connectivity index (χ2n) is 8.16. The molecule has 0 bridgehead atoms. The van der Waals surface area contributed by atoms with Crippen molar-refractivity contribution in [3.8, 4) is 0 Å². The molecule has 1 fully saturated rings. The lowest BCUT2D eigenvalue weighted by atomic mass is 9.88. The highest BCUT2D eigenvalue weighted by molar-refractivity contribution is 6.04. The number of ketones is 1. The van der Waals surface area contributed by atoms with Crippen LogP contribution in [0.1, 0.15) is 52.6 Å². The van der Waals surface area contributed by atoms with Crippen LogP contribution in [0.4, 0.5) is 0 Å². The summed E-state index contributed by atoms with van der Waals surface area (Å²) in [4.78, 5) is 29.0. The maximum atomic E-state index is 12.9. The van der Waals surface area contributed by atoms with E-state index in [0.29, 0.717) is 24.5 Å². The lowest BCUT2D eigenvalue weighted by Gasteiger charge is -2.20. The summed E-state index contributed by atoms with van der Waals surface area (Å²) in [7, 11) is 0. The fraction of sp³-hybridized carbons (Fsp3) is 0.222. The molecule has 0 radical (unpaired) electrons. The smallest absolute Gasteiger partial charge is 0.269 e. The van der Waals surface area contributed by atoms with Gasteiger partial charge in [-0.1, -0.05) is 67.2 Å². The minimum absolute atomic E-state index is 0.106. The molecule has 1 amide bonds. The van der Waals surface area contributed by atoms with Gasteiger partial charge in [-0.05, 0) is 36.5 Å². The minimum Gasteiger partial charge on any atom is -0.504 e. The van der Waals surface area contributed by atoms with E-state index in [1.807, 2.05) is 36.4 Å². The number of aromatic nitrogens is 2. The van der Waals surface area contributed by atoms with Gasteiger partial charge < -0.3 is 15.0 Å². The molecule has 1 heterocycles. The Morgan fingerprint density at radius 2 is 1.70 bits per heavy atom. The molecule has 2 aromatic carbocycles. The zero-order valence-corrected chi connectivity index (χ0v) is 18.4. The molecule has 0 saturated heterocycles. The van der Waals surface area contributed by atoms with Crippen molar-refractivity contribution in [1.82, 2.24) is 14.9 Å². The Labute approximate surface area is 193 Å². The second-order valence-corrected chi connectivity index (χ2v) is 8.16. The topological polar surface area (TPSA) is 84.2 Å². The number of nitrogens with zero attached hydrogens (tertiary/aromatic N) is 2. The van der Waals surface area contributed by atoms with Crippen LogP contribution in [0.25, 0.3) is 6.08 Å². The highest BCUT2D eigenvalue weighted by atomic mass is 16.3. The summed E-state index contributed by atoms with van der Waals surface area (Å²) in [5.41, 5.74) is 2.76. The van der Waals surface area contributed by atoms with Crippen molar-refractivity contribution in [3.05, 3.63) is 108 Å². The molecule has 33 heavy (non-hydrogen) atoms. The maximum Gasteiger partial charge on any atom is 0.269 e. The molecule has 0 atom stereocenters. The van der Waals surface area contributed by atoms with Crippen LogP contribution in [-0.2, 0) is 11.3 Å². The molecule has 0 aliphatic heterocycles. The Morgan fingerprint density at radius 3 is 2.24 bits per heavy atom. The summed E-state index contributed by atoms with van der Waals surface area (Å²) < 4.78 is 1.77. The van der Waals surface area contributed by atoms with Gasteiger partial charge in [-0.3, -0.25) is 9.59 Å². The van der Waals surface area contributed by atoms with E-state index >= 15 is 0 Å². The highest BCUT2D eigenvalue weighted by Crippen LogP contribution is 2.29. The van der Waals surface area contributed by atoms with Gasteiger partial charge in [0.05, 0.1) is 6.20 Å². The standard InChI is InChI=1S/C27H27N3O3/c1-2-24(31)25(32)17-26-28-18-23(27(33)29-21-13-14-21)30(26)16-15-22(19-9-5-3-6-10-19)20-11-7-4-8-12-20/h2-12,17-18,21-22,32H,1,13-16H2,(H,29,33)/b25-17-. The third-order valence-electron chi connectivity index (χ3n) is 5.78. The number of carbonyl (C=O) groups excluding carboxylic acids is 2. The zero-order valence-electron chi connectivity index (χ0n) is 18.4. The van der Waals surface area contributed by atoms with Crippen LogP contribution in [0.5, 0.6) is 0 Å². The van der Waals surface area contributed by atoms with Crippen molar-refractivity contribution in [1.29, 1.82) is 0 Å². The van der Waals surface area contributed by atoms with Gasteiger partial charge in [0.25, 0.3) is 5.91 Å². The number of imidazole rings is 1. The predicted molar refractivity (Wildman–Crippen MR) is 128 cm³/mol. The summed E-state index contributed by atoms with van der Waals surface area (Å²) in [6.45, 7) is 3.88. The number of hydrogen-bond acceptors (Lipinski definition) is 4. The Bertz CT molecular complexity index is 1120. The quantitative estimate of drug-likeness (QED) is 0.354. The van der Waals surface area contributed by atoms with Gasteiger partial charge in [-0.2, -0.15) is 0 Å². The average molecular weight is 442 g/mol. The van der Waals surface area contributed by atoms with Crippen molar-refractivity contribution in [2.45, 2.75) is 37.8 Å². The Kier molecular flexibility index (Phi) is 6.83. The number of allylic oxidation sites excluding steroid dienone is 1. The first-order chi connectivity index (χ1) is 16.1. The van der Waals surface area contributed by atoms with Crippen LogP contribution in [-0.4, -0.2) is 32.4 Å². The van der Waals surface area contributed by atoms with Crippen molar-refractivity contribution in [2.24, 2.45) is 0 Å². The van der Waals surface area contributed by atoms with Crippen LogP contribution in [0.2, 0.25) is 0 Å². The lowest BCUT2D eigenvalue weighted by molar-refractivity contribution is -0.113. The number of rotatable bonds is 10. The largest absolute Gasteiger partial charge is 0.504 e. The van der Waals surface area contributed by atoms with Crippen LogP contribution >= 0.6 is 0 Å². The fourth-order valence-electron chi connectivity index (χ4n) is 3.86. The first-order valence-electron chi connectivity index (χ1n) is 11.1. The van der Waals surface area contributed by atoms with E-state index in [2.05, 4.69) is 41.1 Å². The molecule has 1 aromatic heterocycles. The van der Waals surface area contributed by atoms with Gasteiger partial charge in [0.2, 0.25) is 5.78 Å². The number of amides is 1. The van der Waals surface area contributed by atoms with E-state index in [1.165, 1.54) is 23.4 Å². The summed E-state index contributed by atoms with van der Waals surface area (Å²) in [5, 5.41) is 13.1. The SMILES string of the molecule is C=CC(=O)/C(O)=C/c1ncc(C(=O)NC2CC2)n1CCC(c1ccccc1)c1ccccc1. The van der Waals surface area contributed by atoms with E-state index in [1.54, 1.807) is 4.57 Å². The van der Waals surface area contributed by atoms with Gasteiger partial charge in [0.1, 0.15) is 11.5 Å². The molecule has 1 saturated carbocycles. The lowest BCUT2D eigenvalue weighted by Crippen LogP contribution is -2.28. The van der Waals surface area contributed by atoms with Crippen molar-refractivity contribution in [2.75, 3.05) is 0 Å². The monoisotopic (exact) mass is 441 g/mol. The van der Waals surface area contributed by atoms with Gasteiger partial charge in [0, 0.05) is 24.6 Å². The van der Waals surface area contributed by atoms with Crippen molar-refractivity contribution in [3.63, 3.8) is 0 Å². The summed E-state index contributed by atoms with van der Waals surface area (Å²) in [6, 6.07) is 20.7. The van der Waals surface area contributed by atoms with Crippen LogP contribution in [0.3, 0.4) is 0 Å². The fourth-order valence-corrected chi connectivity index (χ4v) is 3.86. The molecule has 6 nitrogen and oxygen atoms in total. The van der Waals surface area contributed by atoms with E-state index in [9.17, 15) is 14.7 Å². The van der Waals surface area contributed by atoms with Crippen LogP contribution < -0.4 is 5.32 Å². The van der Waals surface area contributed by atoms with E-state index in [0.717, 1.165) is 18.9 Å². The van der Waals surface area contributed by atoms with Crippen LogP contribution in [0, 0.1) is 0 Å². The third-order valence-corrected chi connectivity index (χ3v) is 5.78. The molecule has 1 aliphatic rings. The molecule has 3 aromatic rings. The normalized spacial score (nSPS) is 13.7. The predicted octanol–water partition coefficient (Wildman–Crippen LogP) is 4.65. The van der Waals surface area contributed by atoms with Gasteiger partial charge >= 0.3 is 0 Å². The third kappa shape index (κ3) is 5.47.